The number of nitrogens with one attached hydrogen (secondary N) is 1. The van der Waals surface area contributed by atoms with Gasteiger partial charge in [0.2, 0.25) is 5.91 Å². The fourth-order valence-corrected chi connectivity index (χ4v) is 3.45. The number of likely N-dealkylation sites (tertiary alicyclic amines) is 1. The first-order chi connectivity index (χ1) is 9.21. The predicted molar refractivity (Wildman–Crippen MR) is 74.3 cm³/mol. The van der Waals surface area contributed by atoms with Gasteiger partial charge in [0.15, 0.2) is 0 Å². The molecule has 0 radical (unpaired) electrons. The molecule has 4 nitrogen and oxygen atoms in total. The topological polar surface area (TPSA) is 56.1 Å². The Bertz CT molecular complexity index is 363. The van der Waals surface area contributed by atoms with Crippen LogP contribution in [0.25, 0.3) is 0 Å². The molecule has 2 fully saturated rings. The SMILES string of the molecule is CCC1CNC(C(=O)N2CCCC2C#N)C(CC)C1. The van der Waals surface area contributed by atoms with E-state index in [4.69, 9.17) is 5.26 Å². The third-order valence-electron chi connectivity index (χ3n) is 4.79. The summed E-state index contributed by atoms with van der Waals surface area (Å²) in [5, 5.41) is 12.6. The first-order valence-electron chi connectivity index (χ1n) is 7.64. The Hall–Kier alpha value is -1.08. The van der Waals surface area contributed by atoms with Gasteiger partial charge in [-0.15, -0.1) is 0 Å². The van der Waals surface area contributed by atoms with Crippen molar-refractivity contribution in [3.05, 3.63) is 0 Å². The third kappa shape index (κ3) is 2.92. The lowest BCUT2D eigenvalue weighted by Gasteiger charge is -2.38. The fraction of sp³-hybridized carbons (Fsp3) is 0.867. The maximum Gasteiger partial charge on any atom is 0.241 e. The van der Waals surface area contributed by atoms with Gasteiger partial charge < -0.3 is 10.2 Å². The molecule has 0 bridgehead atoms. The van der Waals surface area contributed by atoms with Gasteiger partial charge in [-0.1, -0.05) is 26.7 Å². The lowest BCUT2D eigenvalue weighted by Crippen LogP contribution is -2.55. The molecular weight excluding hydrogens is 238 g/mol. The van der Waals surface area contributed by atoms with Crippen LogP contribution in [0.4, 0.5) is 0 Å². The fourth-order valence-electron chi connectivity index (χ4n) is 3.45. The molecule has 2 aliphatic heterocycles. The van der Waals surface area contributed by atoms with Crippen LogP contribution in [0.1, 0.15) is 46.0 Å². The zero-order chi connectivity index (χ0) is 13.8. The molecule has 1 N–H and O–H groups in total. The van der Waals surface area contributed by atoms with Gasteiger partial charge in [0.25, 0.3) is 0 Å². The number of carbonyl (C=O) groups excluding carboxylic acids is 1. The molecule has 2 aliphatic rings. The molecule has 2 heterocycles. The molecule has 2 rings (SSSR count). The number of nitrogens with zero attached hydrogens (tertiary/aromatic N) is 2. The molecule has 4 unspecified atom stereocenters. The van der Waals surface area contributed by atoms with E-state index in [1.807, 2.05) is 0 Å². The second-order valence-corrected chi connectivity index (χ2v) is 5.88. The van der Waals surface area contributed by atoms with Crippen LogP contribution < -0.4 is 5.32 Å². The van der Waals surface area contributed by atoms with Gasteiger partial charge in [0, 0.05) is 6.54 Å². The van der Waals surface area contributed by atoms with E-state index in [2.05, 4.69) is 25.2 Å². The van der Waals surface area contributed by atoms with Crippen LogP contribution in [0.3, 0.4) is 0 Å². The van der Waals surface area contributed by atoms with E-state index in [-0.39, 0.29) is 18.0 Å². The van der Waals surface area contributed by atoms with E-state index in [9.17, 15) is 4.79 Å². The lowest BCUT2D eigenvalue weighted by atomic mass is 9.81. The monoisotopic (exact) mass is 263 g/mol. The van der Waals surface area contributed by atoms with Gasteiger partial charge in [-0.2, -0.15) is 5.26 Å². The Morgan fingerprint density at radius 1 is 1.42 bits per heavy atom. The van der Waals surface area contributed by atoms with E-state index in [0.717, 1.165) is 38.8 Å². The average Bonchev–Trinajstić information content (AvgIpc) is 2.94. The number of amides is 1. The van der Waals surface area contributed by atoms with Crippen LogP contribution in [0.5, 0.6) is 0 Å². The molecule has 106 valence electrons. The zero-order valence-corrected chi connectivity index (χ0v) is 12.1. The second kappa shape index (κ2) is 6.38. The summed E-state index contributed by atoms with van der Waals surface area (Å²) < 4.78 is 0. The number of carbonyl (C=O) groups is 1. The zero-order valence-electron chi connectivity index (χ0n) is 12.1. The summed E-state index contributed by atoms with van der Waals surface area (Å²) in [6.45, 7) is 6.07. The van der Waals surface area contributed by atoms with Crippen molar-refractivity contribution in [1.82, 2.24) is 10.2 Å². The van der Waals surface area contributed by atoms with Crippen molar-refractivity contribution >= 4 is 5.91 Å². The maximum atomic E-state index is 12.6. The van der Waals surface area contributed by atoms with Crippen molar-refractivity contribution in [2.45, 2.75) is 58.0 Å². The molecule has 2 saturated heterocycles. The minimum atomic E-state index is -0.198. The maximum absolute atomic E-state index is 12.6. The molecule has 0 aliphatic carbocycles. The van der Waals surface area contributed by atoms with Crippen molar-refractivity contribution in [2.24, 2.45) is 11.8 Å². The molecule has 4 atom stereocenters. The van der Waals surface area contributed by atoms with E-state index in [1.165, 1.54) is 6.42 Å². The molecule has 0 spiro atoms. The summed E-state index contributed by atoms with van der Waals surface area (Å²) in [5.74, 6) is 1.27. The van der Waals surface area contributed by atoms with Gasteiger partial charge in [-0.25, -0.2) is 0 Å². The van der Waals surface area contributed by atoms with Gasteiger partial charge in [-0.3, -0.25) is 4.79 Å². The largest absolute Gasteiger partial charge is 0.325 e. The van der Waals surface area contributed by atoms with E-state index < -0.39 is 0 Å². The summed E-state index contributed by atoms with van der Waals surface area (Å²) >= 11 is 0. The minimum Gasteiger partial charge on any atom is -0.325 e. The number of piperidine rings is 1. The average molecular weight is 263 g/mol. The summed E-state index contributed by atoms with van der Waals surface area (Å²) in [7, 11) is 0. The van der Waals surface area contributed by atoms with Crippen LogP contribution in [0, 0.1) is 23.2 Å². The van der Waals surface area contributed by atoms with Crippen molar-refractivity contribution in [3.8, 4) is 6.07 Å². The van der Waals surface area contributed by atoms with E-state index in [1.54, 1.807) is 4.90 Å². The van der Waals surface area contributed by atoms with Gasteiger partial charge in [0.05, 0.1) is 12.1 Å². The van der Waals surface area contributed by atoms with Crippen LogP contribution in [-0.4, -0.2) is 36.0 Å². The van der Waals surface area contributed by atoms with Crippen LogP contribution in [0.2, 0.25) is 0 Å². The van der Waals surface area contributed by atoms with Crippen molar-refractivity contribution in [1.29, 1.82) is 5.26 Å². The van der Waals surface area contributed by atoms with Crippen molar-refractivity contribution in [3.63, 3.8) is 0 Å². The molecule has 1 amide bonds. The first kappa shape index (κ1) is 14.3. The quantitative estimate of drug-likeness (QED) is 0.846. The number of hydrogen-bond donors (Lipinski definition) is 1. The first-order valence-corrected chi connectivity index (χ1v) is 7.64. The van der Waals surface area contributed by atoms with Gasteiger partial charge >= 0.3 is 0 Å². The molecule has 19 heavy (non-hydrogen) atoms. The summed E-state index contributed by atoms with van der Waals surface area (Å²) in [6.07, 6.45) is 5.15. The molecule has 0 aromatic carbocycles. The number of nitriles is 1. The standard InChI is InChI=1S/C15H25N3O/c1-3-11-8-12(4-2)14(17-10-11)15(19)18-7-5-6-13(18)9-16/h11-14,17H,3-8,10H2,1-2H3. The molecular formula is C15H25N3O. The number of rotatable bonds is 3. The van der Waals surface area contributed by atoms with E-state index >= 15 is 0 Å². The Morgan fingerprint density at radius 3 is 2.84 bits per heavy atom. The number of hydrogen-bond acceptors (Lipinski definition) is 3. The summed E-state index contributed by atoms with van der Waals surface area (Å²) in [5.41, 5.74) is 0. The lowest BCUT2D eigenvalue weighted by molar-refractivity contribution is -0.135. The Kier molecular flexibility index (Phi) is 4.81. The summed E-state index contributed by atoms with van der Waals surface area (Å²) in [4.78, 5) is 14.4. The second-order valence-electron chi connectivity index (χ2n) is 5.88. The highest BCUT2D eigenvalue weighted by Crippen LogP contribution is 2.28. The van der Waals surface area contributed by atoms with E-state index in [0.29, 0.717) is 11.8 Å². The molecule has 0 aromatic rings. The van der Waals surface area contributed by atoms with Crippen molar-refractivity contribution in [2.75, 3.05) is 13.1 Å². The highest BCUT2D eigenvalue weighted by atomic mass is 16.2. The summed E-state index contributed by atoms with van der Waals surface area (Å²) in [6, 6.07) is 2.00. The smallest absolute Gasteiger partial charge is 0.241 e. The normalized spacial score (nSPS) is 35.1. The molecule has 0 saturated carbocycles. The highest BCUT2D eigenvalue weighted by Gasteiger charge is 2.38. The van der Waals surface area contributed by atoms with Gasteiger partial charge in [0.1, 0.15) is 6.04 Å². The van der Waals surface area contributed by atoms with Crippen LogP contribution >= 0.6 is 0 Å². The van der Waals surface area contributed by atoms with Crippen molar-refractivity contribution < 1.29 is 4.79 Å². The van der Waals surface area contributed by atoms with Crippen LogP contribution in [-0.2, 0) is 4.79 Å². The molecule has 0 aromatic heterocycles. The Labute approximate surface area is 116 Å². The minimum absolute atomic E-state index is 0.0678. The third-order valence-corrected chi connectivity index (χ3v) is 4.79. The highest BCUT2D eigenvalue weighted by molar-refractivity contribution is 5.83. The Morgan fingerprint density at radius 2 is 2.21 bits per heavy atom. The Balaban J connectivity index is 2.04. The van der Waals surface area contributed by atoms with Gasteiger partial charge in [-0.05, 0) is 37.6 Å². The predicted octanol–water partition coefficient (Wildman–Crippen LogP) is 1.92. The van der Waals surface area contributed by atoms with Crippen LogP contribution in [0.15, 0.2) is 0 Å². The molecule has 4 heteroatoms.